The lowest BCUT2D eigenvalue weighted by atomic mass is 9.61. The van der Waals surface area contributed by atoms with Gasteiger partial charge in [0.25, 0.3) is 0 Å². The molecule has 1 saturated carbocycles. The molecule has 4 unspecified atom stereocenters. The highest BCUT2D eigenvalue weighted by molar-refractivity contribution is 5.80. The summed E-state index contributed by atoms with van der Waals surface area (Å²) in [6, 6.07) is 0.487. The summed E-state index contributed by atoms with van der Waals surface area (Å²) in [7, 11) is 0. The maximum Gasteiger partial charge on any atom is 0.223 e. The second-order valence-electron chi connectivity index (χ2n) is 7.44. The van der Waals surface area contributed by atoms with Gasteiger partial charge < -0.3 is 11.1 Å². The van der Waals surface area contributed by atoms with Crippen LogP contribution in [0.2, 0.25) is 0 Å². The Morgan fingerprint density at radius 2 is 1.89 bits per heavy atom. The van der Waals surface area contributed by atoms with Gasteiger partial charge in [-0.2, -0.15) is 0 Å². The molecule has 3 N–H and O–H groups in total. The largest absolute Gasteiger partial charge is 0.353 e. The number of nitrogens with two attached hydrogens (primary N) is 1. The first-order chi connectivity index (χ1) is 8.66. The predicted molar refractivity (Wildman–Crippen MR) is 80.7 cm³/mol. The van der Waals surface area contributed by atoms with Crippen molar-refractivity contribution in [2.45, 2.75) is 72.9 Å². The zero-order valence-corrected chi connectivity index (χ0v) is 13.5. The molecule has 0 saturated heterocycles. The van der Waals surface area contributed by atoms with Crippen LogP contribution in [0.4, 0.5) is 0 Å². The average Bonchev–Trinajstić information content (AvgIpc) is 2.24. The van der Waals surface area contributed by atoms with E-state index in [1.165, 1.54) is 0 Å². The standard InChI is InChI=1S/C16H32N2O/c1-10(2)9-11(3)18-15(19)13-7-8-14(17)12(4)16(13,5)6/h10-14H,7-9,17H2,1-6H3,(H,18,19). The van der Waals surface area contributed by atoms with Gasteiger partial charge in [-0.3, -0.25) is 4.79 Å². The molecule has 0 spiro atoms. The number of carbonyl (C=O) groups excluding carboxylic acids is 1. The third-order valence-corrected chi connectivity index (χ3v) is 5.03. The quantitative estimate of drug-likeness (QED) is 0.823. The molecule has 3 nitrogen and oxygen atoms in total. The van der Waals surface area contributed by atoms with E-state index in [0.717, 1.165) is 19.3 Å². The number of amides is 1. The molecule has 0 aromatic heterocycles. The minimum Gasteiger partial charge on any atom is -0.353 e. The van der Waals surface area contributed by atoms with Crippen molar-refractivity contribution < 1.29 is 4.79 Å². The number of carbonyl (C=O) groups is 1. The smallest absolute Gasteiger partial charge is 0.223 e. The van der Waals surface area contributed by atoms with E-state index in [1.54, 1.807) is 0 Å². The molecule has 4 atom stereocenters. The van der Waals surface area contributed by atoms with Gasteiger partial charge in [-0.1, -0.05) is 34.6 Å². The topological polar surface area (TPSA) is 55.1 Å². The number of nitrogens with one attached hydrogen (secondary N) is 1. The molecular weight excluding hydrogens is 236 g/mol. The van der Waals surface area contributed by atoms with Crippen LogP contribution in [-0.4, -0.2) is 18.0 Å². The molecule has 0 bridgehead atoms. The first-order valence-electron chi connectivity index (χ1n) is 7.72. The second kappa shape index (κ2) is 6.25. The first-order valence-corrected chi connectivity index (χ1v) is 7.72. The van der Waals surface area contributed by atoms with Crippen LogP contribution in [0, 0.1) is 23.2 Å². The van der Waals surface area contributed by atoms with Gasteiger partial charge in [0.1, 0.15) is 0 Å². The van der Waals surface area contributed by atoms with Crippen molar-refractivity contribution in [3.05, 3.63) is 0 Å². The molecule has 3 heteroatoms. The highest BCUT2D eigenvalue weighted by Crippen LogP contribution is 2.44. The first kappa shape index (κ1) is 16.5. The molecular formula is C16H32N2O. The van der Waals surface area contributed by atoms with Crippen LogP contribution in [0.5, 0.6) is 0 Å². The Morgan fingerprint density at radius 3 is 2.42 bits per heavy atom. The Hall–Kier alpha value is -0.570. The zero-order chi connectivity index (χ0) is 14.8. The minimum absolute atomic E-state index is 0.0146. The highest BCUT2D eigenvalue weighted by Gasteiger charge is 2.45. The summed E-state index contributed by atoms with van der Waals surface area (Å²) in [4.78, 5) is 12.5. The van der Waals surface area contributed by atoms with Crippen molar-refractivity contribution in [2.75, 3.05) is 0 Å². The van der Waals surface area contributed by atoms with Crippen LogP contribution in [0.3, 0.4) is 0 Å². The third kappa shape index (κ3) is 3.95. The third-order valence-electron chi connectivity index (χ3n) is 5.03. The summed E-state index contributed by atoms with van der Waals surface area (Å²) < 4.78 is 0. The van der Waals surface area contributed by atoms with E-state index in [9.17, 15) is 4.79 Å². The molecule has 0 aromatic rings. The lowest BCUT2D eigenvalue weighted by molar-refractivity contribution is -0.133. The van der Waals surface area contributed by atoms with E-state index in [1.807, 2.05) is 0 Å². The maximum absolute atomic E-state index is 12.5. The average molecular weight is 268 g/mol. The van der Waals surface area contributed by atoms with Crippen LogP contribution in [0.25, 0.3) is 0 Å². The molecule has 19 heavy (non-hydrogen) atoms. The van der Waals surface area contributed by atoms with E-state index in [4.69, 9.17) is 5.73 Å². The maximum atomic E-state index is 12.5. The van der Waals surface area contributed by atoms with E-state index < -0.39 is 0 Å². The second-order valence-corrected chi connectivity index (χ2v) is 7.44. The van der Waals surface area contributed by atoms with E-state index in [2.05, 4.69) is 46.9 Å². The molecule has 0 radical (unpaired) electrons. The van der Waals surface area contributed by atoms with Gasteiger partial charge in [0.15, 0.2) is 0 Å². The van der Waals surface area contributed by atoms with Crippen LogP contribution in [0.15, 0.2) is 0 Å². The molecule has 1 amide bonds. The highest BCUT2D eigenvalue weighted by atomic mass is 16.2. The summed E-state index contributed by atoms with van der Waals surface area (Å²) in [5.74, 6) is 1.31. The monoisotopic (exact) mass is 268 g/mol. The fourth-order valence-electron chi connectivity index (χ4n) is 3.43. The Morgan fingerprint density at radius 1 is 1.32 bits per heavy atom. The Labute approximate surface area is 118 Å². The van der Waals surface area contributed by atoms with Gasteiger partial charge >= 0.3 is 0 Å². The lowest BCUT2D eigenvalue weighted by Crippen LogP contribution is -2.52. The number of hydrogen-bond acceptors (Lipinski definition) is 2. The minimum atomic E-state index is -0.0146. The molecule has 0 heterocycles. The number of hydrogen-bond donors (Lipinski definition) is 2. The van der Waals surface area contributed by atoms with Crippen LogP contribution >= 0.6 is 0 Å². The summed E-state index contributed by atoms with van der Waals surface area (Å²) in [5, 5.41) is 3.19. The zero-order valence-electron chi connectivity index (χ0n) is 13.5. The van der Waals surface area contributed by atoms with E-state index in [-0.39, 0.29) is 29.3 Å². The molecule has 1 rings (SSSR count). The molecule has 0 aliphatic heterocycles. The van der Waals surface area contributed by atoms with Gasteiger partial charge in [-0.25, -0.2) is 0 Å². The molecule has 0 aromatic carbocycles. The van der Waals surface area contributed by atoms with Crippen molar-refractivity contribution in [1.82, 2.24) is 5.32 Å². The summed E-state index contributed by atoms with van der Waals surface area (Å²) in [6.07, 6.45) is 2.91. The van der Waals surface area contributed by atoms with E-state index >= 15 is 0 Å². The van der Waals surface area contributed by atoms with Crippen molar-refractivity contribution in [2.24, 2.45) is 28.9 Å². The number of rotatable bonds is 4. The van der Waals surface area contributed by atoms with Crippen molar-refractivity contribution in [3.8, 4) is 0 Å². The molecule has 1 fully saturated rings. The van der Waals surface area contributed by atoms with E-state index in [0.29, 0.717) is 11.8 Å². The summed E-state index contributed by atoms with van der Waals surface area (Å²) >= 11 is 0. The van der Waals surface area contributed by atoms with Crippen LogP contribution in [0.1, 0.15) is 60.8 Å². The Kier molecular flexibility index (Phi) is 5.43. The molecule has 1 aliphatic carbocycles. The Bertz CT molecular complexity index is 312. The SMILES string of the molecule is CC(C)CC(C)NC(=O)C1CCC(N)C(C)C1(C)C. The predicted octanol–water partition coefficient (Wildman–Crippen LogP) is 2.94. The van der Waals surface area contributed by atoms with Gasteiger partial charge in [0.05, 0.1) is 0 Å². The normalized spacial score (nSPS) is 32.1. The van der Waals surface area contributed by atoms with Crippen molar-refractivity contribution in [1.29, 1.82) is 0 Å². The van der Waals surface area contributed by atoms with Crippen molar-refractivity contribution in [3.63, 3.8) is 0 Å². The molecule has 112 valence electrons. The van der Waals surface area contributed by atoms with Gasteiger partial charge in [-0.15, -0.1) is 0 Å². The van der Waals surface area contributed by atoms with Gasteiger partial charge in [0, 0.05) is 18.0 Å². The fourth-order valence-corrected chi connectivity index (χ4v) is 3.43. The van der Waals surface area contributed by atoms with Crippen LogP contribution in [-0.2, 0) is 4.79 Å². The van der Waals surface area contributed by atoms with Gasteiger partial charge in [0.2, 0.25) is 5.91 Å². The van der Waals surface area contributed by atoms with Crippen molar-refractivity contribution >= 4 is 5.91 Å². The lowest BCUT2D eigenvalue weighted by Gasteiger charge is -2.46. The Balaban J connectivity index is 2.66. The van der Waals surface area contributed by atoms with Crippen LogP contribution < -0.4 is 11.1 Å². The summed E-state index contributed by atoms with van der Waals surface area (Å²) in [6.45, 7) is 13.0. The molecule has 1 aliphatic rings. The van der Waals surface area contributed by atoms with Gasteiger partial charge in [-0.05, 0) is 43.4 Å². The summed E-state index contributed by atoms with van der Waals surface area (Å²) in [5.41, 5.74) is 6.14. The fraction of sp³-hybridized carbons (Fsp3) is 0.938.